The van der Waals surface area contributed by atoms with Crippen molar-refractivity contribution in [2.45, 2.75) is 17.5 Å². The molecule has 3 aromatic rings. The Labute approximate surface area is 219 Å². The average molecular weight is 549 g/mol. The fraction of sp³-hybridized carbons (Fsp3) is 0.200. The van der Waals surface area contributed by atoms with Gasteiger partial charge < -0.3 is 14.4 Å². The summed E-state index contributed by atoms with van der Waals surface area (Å²) < 4.78 is 38.7. The number of carbonyl (C=O) groups is 2. The molecule has 3 aromatic carbocycles. The molecule has 0 aliphatic carbocycles. The van der Waals surface area contributed by atoms with Crippen LogP contribution in [0.3, 0.4) is 0 Å². The summed E-state index contributed by atoms with van der Waals surface area (Å²) in [6.45, 7) is -0.826. The number of benzene rings is 3. The van der Waals surface area contributed by atoms with E-state index < -0.39 is 34.5 Å². The molecule has 0 bridgehead atoms. The number of rotatable bonds is 7. The predicted octanol–water partition coefficient (Wildman–Crippen LogP) is 4.15. The van der Waals surface area contributed by atoms with Crippen LogP contribution in [0.5, 0.6) is 5.75 Å². The van der Waals surface area contributed by atoms with Crippen LogP contribution in [0.15, 0.2) is 77.7 Å². The van der Waals surface area contributed by atoms with Crippen LogP contribution in [-0.4, -0.2) is 50.9 Å². The number of anilines is 1. The first-order chi connectivity index (χ1) is 17.2. The topological polar surface area (TPSA) is 93.2 Å². The van der Waals surface area contributed by atoms with Crippen LogP contribution in [0.25, 0.3) is 0 Å². The Balaban J connectivity index is 1.70. The molecule has 4 rings (SSSR count). The third-order valence-corrected chi connectivity index (χ3v) is 7.99. The number of carbonyl (C=O) groups excluding carboxylic acids is 2. The van der Waals surface area contributed by atoms with Crippen LogP contribution >= 0.6 is 23.2 Å². The summed E-state index contributed by atoms with van der Waals surface area (Å²) in [7, 11) is -2.88. The van der Waals surface area contributed by atoms with E-state index in [0.717, 1.165) is 4.31 Å². The van der Waals surface area contributed by atoms with Crippen molar-refractivity contribution in [3.05, 3.63) is 88.4 Å². The molecule has 0 fully saturated rings. The molecule has 1 aliphatic heterocycles. The maximum atomic E-state index is 13.6. The lowest BCUT2D eigenvalue weighted by molar-refractivity contribution is -0.148. The first kappa shape index (κ1) is 26.0. The summed E-state index contributed by atoms with van der Waals surface area (Å²) in [5, 5.41) is 0.668. The van der Waals surface area contributed by atoms with Crippen molar-refractivity contribution < 1.29 is 27.5 Å². The number of ether oxygens (including phenoxy) is 2. The van der Waals surface area contributed by atoms with Gasteiger partial charge >= 0.3 is 5.97 Å². The molecule has 188 valence electrons. The van der Waals surface area contributed by atoms with Crippen molar-refractivity contribution in [3.8, 4) is 5.75 Å². The van der Waals surface area contributed by atoms with Crippen molar-refractivity contribution in [3.63, 3.8) is 0 Å². The first-order valence-electron chi connectivity index (χ1n) is 10.8. The summed E-state index contributed by atoms with van der Waals surface area (Å²) >= 11 is 12.3. The lowest BCUT2D eigenvalue weighted by Gasteiger charge is -2.34. The highest BCUT2D eigenvalue weighted by molar-refractivity contribution is 7.89. The van der Waals surface area contributed by atoms with Gasteiger partial charge in [-0.3, -0.25) is 4.79 Å². The number of hydrogen-bond acceptors (Lipinski definition) is 6. The number of amides is 1. The van der Waals surface area contributed by atoms with Crippen LogP contribution in [0.2, 0.25) is 10.0 Å². The highest BCUT2D eigenvalue weighted by Gasteiger charge is 2.36. The number of esters is 1. The van der Waals surface area contributed by atoms with Crippen molar-refractivity contribution in [2.24, 2.45) is 0 Å². The van der Waals surface area contributed by atoms with E-state index in [1.165, 1.54) is 30.2 Å². The molecule has 0 N–H and O–H groups in total. The van der Waals surface area contributed by atoms with E-state index in [0.29, 0.717) is 22.0 Å². The van der Waals surface area contributed by atoms with Gasteiger partial charge in [0.2, 0.25) is 22.0 Å². The zero-order valence-corrected chi connectivity index (χ0v) is 21.5. The standard InChI is InChI=1S/C25H22Cl2N2O6S/c1-34-25(31)23-15-29(21-9-5-6-10-22(21)35-23)24(30)16-28(14-17-11-12-18(26)13-20(17)27)36(32,33)19-7-3-2-4-8-19/h2-13,23H,14-16H2,1H3. The van der Waals surface area contributed by atoms with E-state index in [9.17, 15) is 18.0 Å². The predicted molar refractivity (Wildman–Crippen MR) is 136 cm³/mol. The highest BCUT2D eigenvalue weighted by atomic mass is 35.5. The lowest BCUT2D eigenvalue weighted by Crippen LogP contribution is -2.50. The smallest absolute Gasteiger partial charge is 0.348 e. The van der Waals surface area contributed by atoms with Crippen molar-refractivity contribution >= 4 is 50.8 Å². The molecule has 0 spiro atoms. The number of halogens is 2. The maximum absolute atomic E-state index is 13.6. The minimum Gasteiger partial charge on any atom is -0.475 e. The molecule has 0 saturated carbocycles. The number of para-hydroxylation sites is 2. The van der Waals surface area contributed by atoms with Crippen LogP contribution in [-0.2, 0) is 30.9 Å². The molecule has 0 radical (unpaired) electrons. The zero-order chi connectivity index (χ0) is 25.9. The second-order valence-corrected chi connectivity index (χ2v) is 10.7. The van der Waals surface area contributed by atoms with Crippen LogP contribution in [0.4, 0.5) is 5.69 Å². The summed E-state index contributed by atoms with van der Waals surface area (Å²) in [5.41, 5.74) is 0.896. The zero-order valence-electron chi connectivity index (χ0n) is 19.1. The van der Waals surface area contributed by atoms with E-state index in [4.69, 9.17) is 32.7 Å². The third kappa shape index (κ3) is 5.49. The quantitative estimate of drug-likeness (QED) is 0.411. The molecule has 8 nitrogen and oxygen atoms in total. The fourth-order valence-corrected chi connectivity index (χ4v) is 5.63. The summed E-state index contributed by atoms with van der Waals surface area (Å²) in [5.74, 6) is -0.890. The van der Waals surface area contributed by atoms with Crippen LogP contribution in [0, 0.1) is 0 Å². The Hall–Kier alpha value is -3.11. The van der Waals surface area contributed by atoms with E-state index >= 15 is 0 Å². The third-order valence-electron chi connectivity index (χ3n) is 5.59. The van der Waals surface area contributed by atoms with E-state index in [1.54, 1.807) is 54.6 Å². The SMILES string of the molecule is COC(=O)C1CN(C(=O)CN(Cc2ccc(Cl)cc2Cl)S(=O)(=O)c2ccccc2)c2ccccc2O1. The Morgan fingerprint density at radius 1 is 1.06 bits per heavy atom. The molecule has 1 heterocycles. The Kier molecular flexibility index (Phi) is 7.85. The van der Waals surface area contributed by atoms with Crippen molar-refractivity contribution in [1.82, 2.24) is 4.31 Å². The molecule has 1 aliphatic rings. The maximum Gasteiger partial charge on any atom is 0.348 e. The van der Waals surface area contributed by atoms with Crippen molar-refractivity contribution in [2.75, 3.05) is 25.1 Å². The highest BCUT2D eigenvalue weighted by Crippen LogP contribution is 2.34. The van der Waals surface area contributed by atoms with Gasteiger partial charge in [-0.15, -0.1) is 0 Å². The molecular formula is C25H22Cl2N2O6S. The summed E-state index contributed by atoms with van der Waals surface area (Å²) in [4.78, 5) is 27.1. The van der Waals surface area contributed by atoms with Gasteiger partial charge in [0, 0.05) is 16.6 Å². The Morgan fingerprint density at radius 2 is 1.75 bits per heavy atom. The normalized spacial score (nSPS) is 15.2. The molecule has 0 saturated heterocycles. The first-order valence-corrected chi connectivity index (χ1v) is 13.0. The molecule has 1 unspecified atom stereocenters. The Bertz CT molecular complexity index is 1380. The van der Waals surface area contributed by atoms with E-state index in [1.807, 2.05) is 0 Å². The van der Waals surface area contributed by atoms with E-state index in [2.05, 4.69) is 0 Å². The number of nitrogens with zero attached hydrogens (tertiary/aromatic N) is 2. The minimum atomic E-state index is -4.10. The van der Waals surface area contributed by atoms with Crippen LogP contribution in [0.1, 0.15) is 5.56 Å². The second kappa shape index (κ2) is 10.9. The van der Waals surface area contributed by atoms with Gasteiger partial charge in [-0.2, -0.15) is 4.31 Å². The van der Waals surface area contributed by atoms with Gasteiger partial charge in [0.25, 0.3) is 0 Å². The summed E-state index contributed by atoms with van der Waals surface area (Å²) in [6, 6.07) is 19.2. The molecule has 11 heteroatoms. The molecule has 1 amide bonds. The van der Waals surface area contributed by atoms with E-state index in [-0.39, 0.29) is 23.0 Å². The second-order valence-electron chi connectivity index (χ2n) is 7.92. The Morgan fingerprint density at radius 3 is 2.44 bits per heavy atom. The van der Waals surface area contributed by atoms with Gasteiger partial charge in [-0.25, -0.2) is 13.2 Å². The molecule has 1 atom stereocenters. The summed E-state index contributed by atoms with van der Waals surface area (Å²) in [6.07, 6.45) is -1.06. The monoisotopic (exact) mass is 548 g/mol. The van der Waals surface area contributed by atoms with Crippen molar-refractivity contribution in [1.29, 1.82) is 0 Å². The number of fused-ring (bicyclic) bond motifs is 1. The van der Waals surface area contributed by atoms with Gasteiger partial charge in [0.05, 0.1) is 30.8 Å². The number of methoxy groups -OCH3 is 1. The van der Waals surface area contributed by atoms with Gasteiger partial charge in [-0.05, 0) is 42.0 Å². The molecular weight excluding hydrogens is 527 g/mol. The van der Waals surface area contributed by atoms with Gasteiger partial charge in [0.15, 0.2) is 0 Å². The van der Waals surface area contributed by atoms with Gasteiger partial charge in [0.1, 0.15) is 5.75 Å². The lowest BCUT2D eigenvalue weighted by atomic mass is 10.1. The minimum absolute atomic E-state index is 0.0256. The average Bonchev–Trinajstić information content (AvgIpc) is 2.88. The largest absolute Gasteiger partial charge is 0.475 e. The number of hydrogen-bond donors (Lipinski definition) is 0. The molecule has 0 aromatic heterocycles. The molecule has 36 heavy (non-hydrogen) atoms. The van der Waals surface area contributed by atoms with Gasteiger partial charge in [-0.1, -0.05) is 59.6 Å². The van der Waals surface area contributed by atoms with Crippen LogP contribution < -0.4 is 9.64 Å². The number of sulfonamides is 1. The fourth-order valence-electron chi connectivity index (χ4n) is 3.77.